The molecule has 1 fully saturated rings. The van der Waals surface area contributed by atoms with Crippen LogP contribution in [0.2, 0.25) is 0 Å². The zero-order valence-corrected chi connectivity index (χ0v) is 14.4. The first-order valence-electron chi connectivity index (χ1n) is 8.05. The van der Waals surface area contributed by atoms with E-state index in [0.29, 0.717) is 17.9 Å². The average Bonchev–Trinajstić information content (AvgIpc) is 3.26. The standard InChI is InChI=1S/C15H22N6O2S/c1-23-13(22)9-21-15(18-19-20-21)14(12-3-2-8-24-12)17-11-6-4-10(16)5-7-11/h2-3,8,10-11,14,17H,4-7,9,16H2,1H3. The summed E-state index contributed by atoms with van der Waals surface area (Å²) in [6.07, 6.45) is 4.09. The molecule has 1 atom stereocenters. The van der Waals surface area contributed by atoms with E-state index in [9.17, 15) is 4.79 Å². The maximum absolute atomic E-state index is 11.6. The van der Waals surface area contributed by atoms with E-state index < -0.39 is 0 Å². The summed E-state index contributed by atoms with van der Waals surface area (Å²) in [5.41, 5.74) is 6.00. The number of nitrogens with zero attached hydrogens (tertiary/aromatic N) is 4. The fourth-order valence-corrected chi connectivity index (χ4v) is 3.76. The van der Waals surface area contributed by atoms with Gasteiger partial charge in [0.2, 0.25) is 0 Å². The number of methoxy groups -OCH3 is 1. The highest BCUT2D eigenvalue weighted by Crippen LogP contribution is 2.27. The van der Waals surface area contributed by atoms with E-state index in [-0.39, 0.29) is 18.6 Å². The third-order valence-electron chi connectivity index (χ3n) is 4.33. The molecule has 0 amide bonds. The molecule has 0 bridgehead atoms. The Morgan fingerprint density at radius 3 is 2.96 bits per heavy atom. The van der Waals surface area contributed by atoms with Crippen LogP contribution in [-0.4, -0.2) is 45.4 Å². The van der Waals surface area contributed by atoms with Crippen LogP contribution < -0.4 is 11.1 Å². The number of ether oxygens (including phenoxy) is 1. The maximum atomic E-state index is 11.6. The quantitative estimate of drug-likeness (QED) is 0.744. The van der Waals surface area contributed by atoms with Gasteiger partial charge >= 0.3 is 5.97 Å². The van der Waals surface area contributed by atoms with Crippen LogP contribution in [0.4, 0.5) is 0 Å². The number of hydrogen-bond donors (Lipinski definition) is 2. The van der Waals surface area contributed by atoms with Crippen LogP contribution in [0, 0.1) is 0 Å². The molecule has 1 unspecified atom stereocenters. The molecule has 9 heteroatoms. The van der Waals surface area contributed by atoms with Gasteiger partial charge in [0.15, 0.2) is 5.82 Å². The molecule has 2 heterocycles. The third-order valence-corrected chi connectivity index (χ3v) is 5.26. The third kappa shape index (κ3) is 3.97. The van der Waals surface area contributed by atoms with Crippen LogP contribution in [0.15, 0.2) is 17.5 Å². The number of carbonyl (C=O) groups excluding carboxylic acids is 1. The second-order valence-electron chi connectivity index (χ2n) is 6.00. The number of rotatable bonds is 6. The normalized spacial score (nSPS) is 22.2. The molecule has 1 aliphatic rings. The number of carbonyl (C=O) groups is 1. The lowest BCUT2D eigenvalue weighted by molar-refractivity contribution is -0.141. The molecule has 1 saturated carbocycles. The van der Waals surface area contributed by atoms with Crippen molar-refractivity contribution < 1.29 is 9.53 Å². The second kappa shape index (κ2) is 7.82. The second-order valence-corrected chi connectivity index (χ2v) is 6.98. The SMILES string of the molecule is COC(=O)Cn1nnnc1C(NC1CCC(N)CC1)c1cccs1. The molecule has 3 N–H and O–H groups in total. The van der Waals surface area contributed by atoms with Gasteiger partial charge in [0.1, 0.15) is 12.6 Å². The average molecular weight is 350 g/mol. The zero-order valence-electron chi connectivity index (χ0n) is 13.6. The largest absolute Gasteiger partial charge is 0.468 e. The van der Waals surface area contributed by atoms with E-state index in [1.165, 1.54) is 11.8 Å². The van der Waals surface area contributed by atoms with Crippen LogP contribution in [0.3, 0.4) is 0 Å². The van der Waals surface area contributed by atoms with Gasteiger partial charge in [-0.05, 0) is 47.6 Å². The molecule has 2 aromatic heterocycles. The van der Waals surface area contributed by atoms with Crippen molar-refractivity contribution in [2.24, 2.45) is 5.73 Å². The van der Waals surface area contributed by atoms with E-state index in [4.69, 9.17) is 10.5 Å². The minimum Gasteiger partial charge on any atom is -0.468 e. The molecule has 0 radical (unpaired) electrons. The first-order valence-corrected chi connectivity index (χ1v) is 8.93. The summed E-state index contributed by atoms with van der Waals surface area (Å²) in [7, 11) is 1.35. The van der Waals surface area contributed by atoms with Gasteiger partial charge in [-0.1, -0.05) is 6.07 Å². The Morgan fingerprint density at radius 1 is 1.50 bits per heavy atom. The first kappa shape index (κ1) is 17.0. The lowest BCUT2D eigenvalue weighted by Gasteiger charge is -2.30. The highest BCUT2D eigenvalue weighted by Gasteiger charge is 2.28. The summed E-state index contributed by atoms with van der Waals surface area (Å²) in [5.74, 6) is 0.245. The Kier molecular flexibility index (Phi) is 5.54. The van der Waals surface area contributed by atoms with Crippen molar-refractivity contribution in [1.29, 1.82) is 0 Å². The van der Waals surface area contributed by atoms with E-state index in [0.717, 1.165) is 30.6 Å². The van der Waals surface area contributed by atoms with Crippen molar-refractivity contribution in [3.05, 3.63) is 28.2 Å². The van der Waals surface area contributed by atoms with Gasteiger partial charge in [-0.15, -0.1) is 16.4 Å². The minimum atomic E-state index is -0.378. The Balaban J connectivity index is 1.81. The smallest absolute Gasteiger partial charge is 0.327 e. The van der Waals surface area contributed by atoms with Gasteiger partial charge in [0, 0.05) is 17.0 Å². The molecule has 24 heavy (non-hydrogen) atoms. The molecular formula is C15H22N6O2S. The van der Waals surface area contributed by atoms with E-state index in [1.807, 2.05) is 17.5 Å². The monoisotopic (exact) mass is 350 g/mol. The molecule has 3 rings (SSSR count). The number of nitrogens with two attached hydrogens (primary N) is 1. The maximum Gasteiger partial charge on any atom is 0.327 e. The van der Waals surface area contributed by atoms with Crippen molar-refractivity contribution in [2.75, 3.05) is 7.11 Å². The summed E-state index contributed by atoms with van der Waals surface area (Å²) in [6, 6.07) is 4.56. The van der Waals surface area contributed by atoms with Gasteiger partial charge in [0.25, 0.3) is 0 Å². The summed E-state index contributed by atoms with van der Waals surface area (Å²) < 4.78 is 6.22. The summed E-state index contributed by atoms with van der Waals surface area (Å²) in [6.45, 7) is -0.00205. The number of hydrogen-bond acceptors (Lipinski definition) is 8. The predicted molar refractivity (Wildman–Crippen MR) is 89.4 cm³/mol. The number of aromatic nitrogens is 4. The Labute approximate surface area is 144 Å². The number of esters is 1. The molecule has 1 aliphatic carbocycles. The summed E-state index contributed by atoms with van der Waals surface area (Å²) in [4.78, 5) is 12.7. The number of thiophene rings is 1. The Bertz CT molecular complexity index is 651. The topological polar surface area (TPSA) is 108 Å². The zero-order chi connectivity index (χ0) is 16.9. The molecule has 2 aromatic rings. The van der Waals surface area contributed by atoms with Crippen LogP contribution in [0.5, 0.6) is 0 Å². The molecule has 130 valence electrons. The van der Waals surface area contributed by atoms with Gasteiger partial charge in [0.05, 0.1) is 7.11 Å². The van der Waals surface area contributed by atoms with E-state index >= 15 is 0 Å². The van der Waals surface area contributed by atoms with Crippen LogP contribution in [-0.2, 0) is 16.1 Å². The lowest BCUT2D eigenvalue weighted by Crippen LogP contribution is -2.40. The fourth-order valence-electron chi connectivity index (χ4n) is 2.98. The Hall–Kier alpha value is -1.84. The molecule has 0 aromatic carbocycles. The van der Waals surface area contributed by atoms with Crippen molar-refractivity contribution in [3.63, 3.8) is 0 Å². The summed E-state index contributed by atoms with van der Waals surface area (Å²) >= 11 is 1.64. The van der Waals surface area contributed by atoms with Gasteiger partial charge in [-0.2, -0.15) is 0 Å². The van der Waals surface area contributed by atoms with E-state index in [1.54, 1.807) is 11.3 Å². The van der Waals surface area contributed by atoms with E-state index in [2.05, 4.69) is 20.8 Å². The predicted octanol–water partition coefficient (Wildman–Crippen LogP) is 0.857. The van der Waals surface area contributed by atoms with Crippen LogP contribution in [0.25, 0.3) is 0 Å². The van der Waals surface area contributed by atoms with Crippen LogP contribution >= 0.6 is 11.3 Å². The number of nitrogens with one attached hydrogen (secondary N) is 1. The molecule has 0 aliphatic heterocycles. The molecule has 0 saturated heterocycles. The van der Waals surface area contributed by atoms with Gasteiger partial charge in [-0.25, -0.2) is 4.68 Å². The van der Waals surface area contributed by atoms with Crippen molar-refractivity contribution in [3.8, 4) is 0 Å². The first-order chi connectivity index (χ1) is 11.7. The number of tetrazole rings is 1. The van der Waals surface area contributed by atoms with Crippen molar-refractivity contribution in [1.82, 2.24) is 25.5 Å². The highest BCUT2D eigenvalue weighted by molar-refractivity contribution is 7.10. The molecule has 8 nitrogen and oxygen atoms in total. The van der Waals surface area contributed by atoms with Gasteiger partial charge in [-0.3, -0.25) is 4.79 Å². The molecule has 0 spiro atoms. The van der Waals surface area contributed by atoms with Crippen LogP contribution in [0.1, 0.15) is 42.4 Å². The molecular weight excluding hydrogens is 328 g/mol. The fraction of sp³-hybridized carbons (Fsp3) is 0.600. The minimum absolute atomic E-state index is 0.00205. The van der Waals surface area contributed by atoms with Crippen molar-refractivity contribution >= 4 is 17.3 Å². The Morgan fingerprint density at radius 2 is 2.29 bits per heavy atom. The van der Waals surface area contributed by atoms with Gasteiger partial charge < -0.3 is 15.8 Å². The summed E-state index contributed by atoms with van der Waals surface area (Å²) in [5, 5.41) is 17.5. The lowest BCUT2D eigenvalue weighted by atomic mass is 9.91. The van der Waals surface area contributed by atoms with Crippen molar-refractivity contribution in [2.45, 2.75) is 50.4 Å². The highest BCUT2D eigenvalue weighted by atomic mass is 32.1.